The summed E-state index contributed by atoms with van der Waals surface area (Å²) in [6.07, 6.45) is 0.673. The molecule has 0 spiro atoms. The Hall–Kier alpha value is -1.59. The second kappa shape index (κ2) is 5.81. The zero-order valence-corrected chi connectivity index (χ0v) is 11.4. The van der Waals surface area contributed by atoms with Crippen LogP contribution in [0.5, 0.6) is 0 Å². The van der Waals surface area contributed by atoms with Gasteiger partial charge in [0.05, 0.1) is 19.1 Å². The second-order valence-electron chi connectivity index (χ2n) is 5.42. The first kappa shape index (κ1) is 13.4. The van der Waals surface area contributed by atoms with E-state index in [1.807, 2.05) is 0 Å². The van der Waals surface area contributed by atoms with Gasteiger partial charge in [-0.25, -0.2) is 0 Å². The van der Waals surface area contributed by atoms with Gasteiger partial charge < -0.3 is 20.1 Å². The average Bonchev–Trinajstić information content (AvgIpc) is 2.98. The summed E-state index contributed by atoms with van der Waals surface area (Å²) in [5.74, 6) is -0.969. The van der Waals surface area contributed by atoms with Crippen LogP contribution >= 0.6 is 0 Å². The van der Waals surface area contributed by atoms with E-state index in [0.717, 1.165) is 26.3 Å². The fourth-order valence-electron chi connectivity index (χ4n) is 2.92. The number of morpholine rings is 1. The van der Waals surface area contributed by atoms with Crippen LogP contribution in [-0.2, 0) is 9.53 Å². The Morgan fingerprint density at radius 1 is 1.25 bits per heavy atom. The molecule has 2 aliphatic heterocycles. The zero-order chi connectivity index (χ0) is 13.9. The Morgan fingerprint density at radius 3 is 2.55 bits per heavy atom. The molecule has 0 saturated carbocycles. The van der Waals surface area contributed by atoms with Crippen LogP contribution in [0.1, 0.15) is 18.0 Å². The van der Waals surface area contributed by atoms with Crippen molar-refractivity contribution in [2.45, 2.75) is 12.5 Å². The molecule has 2 fully saturated rings. The van der Waals surface area contributed by atoms with Gasteiger partial charge in [0.15, 0.2) is 0 Å². The summed E-state index contributed by atoms with van der Waals surface area (Å²) in [5, 5.41) is 12.3. The summed E-state index contributed by atoms with van der Waals surface area (Å²) >= 11 is 0. The van der Waals surface area contributed by atoms with E-state index in [4.69, 9.17) is 9.84 Å². The standard InChI is InChI=1S/C15H20N2O3/c18-15(19)12-9-14(16-10-12)11-1-3-13(4-2-11)17-5-7-20-8-6-17/h1-4,12,14,16H,5-10H2,(H,18,19). The maximum Gasteiger partial charge on any atom is 0.307 e. The number of carbonyl (C=O) groups is 1. The molecule has 5 heteroatoms. The number of hydrogen-bond acceptors (Lipinski definition) is 4. The van der Waals surface area contributed by atoms with Crippen LogP contribution in [0.3, 0.4) is 0 Å². The predicted octanol–water partition coefficient (Wildman–Crippen LogP) is 1.26. The van der Waals surface area contributed by atoms with E-state index in [9.17, 15) is 4.79 Å². The molecule has 1 aromatic rings. The van der Waals surface area contributed by atoms with Crippen molar-refractivity contribution >= 4 is 11.7 Å². The van der Waals surface area contributed by atoms with Gasteiger partial charge in [-0.15, -0.1) is 0 Å². The van der Waals surface area contributed by atoms with Crippen molar-refractivity contribution < 1.29 is 14.6 Å². The highest BCUT2D eigenvalue weighted by atomic mass is 16.5. The molecule has 1 aromatic carbocycles. The maximum atomic E-state index is 11.0. The fourth-order valence-corrected chi connectivity index (χ4v) is 2.92. The molecule has 0 aliphatic carbocycles. The molecule has 3 rings (SSSR count). The highest BCUT2D eigenvalue weighted by molar-refractivity contribution is 5.70. The van der Waals surface area contributed by atoms with Crippen LogP contribution in [0.15, 0.2) is 24.3 Å². The minimum absolute atomic E-state index is 0.162. The first-order valence-electron chi connectivity index (χ1n) is 7.13. The molecular weight excluding hydrogens is 256 g/mol. The normalized spacial score (nSPS) is 26.7. The van der Waals surface area contributed by atoms with Crippen LogP contribution < -0.4 is 10.2 Å². The molecule has 2 heterocycles. The highest BCUT2D eigenvalue weighted by Gasteiger charge is 2.30. The molecule has 2 atom stereocenters. The Bertz CT molecular complexity index is 469. The third kappa shape index (κ3) is 2.78. The van der Waals surface area contributed by atoms with Crippen molar-refractivity contribution in [3.63, 3.8) is 0 Å². The monoisotopic (exact) mass is 276 g/mol. The van der Waals surface area contributed by atoms with Gasteiger partial charge in [0.2, 0.25) is 0 Å². The zero-order valence-electron chi connectivity index (χ0n) is 11.4. The summed E-state index contributed by atoms with van der Waals surface area (Å²) in [6.45, 7) is 3.99. The number of aliphatic carboxylic acids is 1. The molecule has 5 nitrogen and oxygen atoms in total. The van der Waals surface area contributed by atoms with Crippen LogP contribution in [0.25, 0.3) is 0 Å². The van der Waals surface area contributed by atoms with Gasteiger partial charge in [0.25, 0.3) is 0 Å². The molecule has 0 amide bonds. The second-order valence-corrected chi connectivity index (χ2v) is 5.42. The van der Waals surface area contributed by atoms with E-state index in [2.05, 4.69) is 34.5 Å². The van der Waals surface area contributed by atoms with Gasteiger partial charge in [0, 0.05) is 31.4 Å². The van der Waals surface area contributed by atoms with Crippen molar-refractivity contribution in [1.82, 2.24) is 5.32 Å². The van der Waals surface area contributed by atoms with Gasteiger partial charge in [-0.2, -0.15) is 0 Å². The van der Waals surface area contributed by atoms with E-state index in [0.29, 0.717) is 13.0 Å². The van der Waals surface area contributed by atoms with E-state index in [1.165, 1.54) is 11.3 Å². The lowest BCUT2D eigenvalue weighted by Crippen LogP contribution is -2.36. The minimum Gasteiger partial charge on any atom is -0.481 e. The lowest BCUT2D eigenvalue weighted by atomic mass is 10.00. The molecule has 0 aromatic heterocycles. The third-order valence-electron chi connectivity index (χ3n) is 4.15. The van der Waals surface area contributed by atoms with Crippen LogP contribution in [0, 0.1) is 5.92 Å². The van der Waals surface area contributed by atoms with E-state index < -0.39 is 5.97 Å². The van der Waals surface area contributed by atoms with E-state index >= 15 is 0 Å². The molecule has 20 heavy (non-hydrogen) atoms. The van der Waals surface area contributed by atoms with Crippen molar-refractivity contribution in [3.05, 3.63) is 29.8 Å². The Balaban J connectivity index is 1.65. The van der Waals surface area contributed by atoms with Crippen molar-refractivity contribution in [3.8, 4) is 0 Å². The Morgan fingerprint density at radius 2 is 1.95 bits per heavy atom. The lowest BCUT2D eigenvalue weighted by Gasteiger charge is -2.29. The Labute approximate surface area is 118 Å². The third-order valence-corrected chi connectivity index (χ3v) is 4.15. The number of rotatable bonds is 3. The van der Waals surface area contributed by atoms with Gasteiger partial charge in [-0.05, 0) is 24.1 Å². The molecular formula is C15H20N2O3. The topological polar surface area (TPSA) is 61.8 Å². The van der Waals surface area contributed by atoms with Gasteiger partial charge in [-0.1, -0.05) is 12.1 Å². The molecule has 2 N–H and O–H groups in total. The maximum absolute atomic E-state index is 11.0. The predicted molar refractivity (Wildman–Crippen MR) is 76.0 cm³/mol. The van der Waals surface area contributed by atoms with Gasteiger partial charge in [-0.3, -0.25) is 4.79 Å². The summed E-state index contributed by atoms with van der Waals surface area (Å²) in [4.78, 5) is 13.3. The smallest absolute Gasteiger partial charge is 0.307 e. The largest absolute Gasteiger partial charge is 0.481 e. The summed E-state index contributed by atoms with van der Waals surface area (Å²) in [6, 6.07) is 8.61. The molecule has 0 bridgehead atoms. The molecule has 108 valence electrons. The van der Waals surface area contributed by atoms with E-state index in [1.54, 1.807) is 0 Å². The summed E-state index contributed by atoms with van der Waals surface area (Å²) in [7, 11) is 0. The number of anilines is 1. The number of nitrogens with one attached hydrogen (secondary N) is 1. The number of benzene rings is 1. The SMILES string of the molecule is O=C(O)C1CNC(c2ccc(N3CCOCC3)cc2)C1. The number of carboxylic acid groups (broad SMARTS) is 1. The number of ether oxygens (including phenoxy) is 1. The highest BCUT2D eigenvalue weighted by Crippen LogP contribution is 2.28. The average molecular weight is 276 g/mol. The van der Waals surface area contributed by atoms with E-state index in [-0.39, 0.29) is 12.0 Å². The van der Waals surface area contributed by atoms with Gasteiger partial charge >= 0.3 is 5.97 Å². The molecule has 2 aliphatic rings. The first-order valence-corrected chi connectivity index (χ1v) is 7.13. The number of carboxylic acids is 1. The minimum atomic E-state index is -0.704. The quantitative estimate of drug-likeness (QED) is 0.870. The Kier molecular flexibility index (Phi) is 3.89. The fraction of sp³-hybridized carbons (Fsp3) is 0.533. The van der Waals surface area contributed by atoms with Crippen molar-refractivity contribution in [2.75, 3.05) is 37.7 Å². The molecule has 0 radical (unpaired) electrons. The molecule has 2 unspecified atom stereocenters. The summed E-state index contributed by atoms with van der Waals surface area (Å²) in [5.41, 5.74) is 2.38. The van der Waals surface area contributed by atoms with Gasteiger partial charge in [0.1, 0.15) is 0 Å². The van der Waals surface area contributed by atoms with Crippen LogP contribution in [-0.4, -0.2) is 43.9 Å². The first-order chi connectivity index (χ1) is 9.74. The molecule has 2 saturated heterocycles. The lowest BCUT2D eigenvalue weighted by molar-refractivity contribution is -0.141. The van der Waals surface area contributed by atoms with Crippen molar-refractivity contribution in [2.24, 2.45) is 5.92 Å². The number of nitrogens with zero attached hydrogens (tertiary/aromatic N) is 1. The number of hydrogen-bond donors (Lipinski definition) is 2. The summed E-state index contributed by atoms with van der Waals surface area (Å²) < 4.78 is 5.35. The van der Waals surface area contributed by atoms with Crippen LogP contribution in [0.2, 0.25) is 0 Å². The van der Waals surface area contributed by atoms with Crippen molar-refractivity contribution in [1.29, 1.82) is 0 Å². The van der Waals surface area contributed by atoms with Crippen LogP contribution in [0.4, 0.5) is 5.69 Å².